The van der Waals surface area contributed by atoms with E-state index in [4.69, 9.17) is 9.47 Å². The molecule has 1 atom stereocenters. The standard InChI is InChI=1S/C18H17FO2/c1-18(14-8-10-15(20-2)11-9-14)17(19)16(12-21-18)13-6-4-3-5-7-13/h3-11H,12H2,1-2H3. The highest BCUT2D eigenvalue weighted by molar-refractivity contribution is 5.72. The van der Waals surface area contributed by atoms with Gasteiger partial charge in [-0.2, -0.15) is 0 Å². The molecule has 1 aliphatic heterocycles. The van der Waals surface area contributed by atoms with Crippen LogP contribution in [0.3, 0.4) is 0 Å². The first-order valence-electron chi connectivity index (χ1n) is 6.88. The second-order valence-corrected chi connectivity index (χ2v) is 5.21. The minimum absolute atomic E-state index is 0.223. The highest BCUT2D eigenvalue weighted by atomic mass is 19.1. The summed E-state index contributed by atoms with van der Waals surface area (Å²) in [4.78, 5) is 0. The van der Waals surface area contributed by atoms with Crippen molar-refractivity contribution in [1.29, 1.82) is 0 Å². The number of benzene rings is 2. The van der Waals surface area contributed by atoms with E-state index >= 15 is 0 Å². The maximum atomic E-state index is 14.9. The van der Waals surface area contributed by atoms with Crippen molar-refractivity contribution in [1.82, 2.24) is 0 Å². The van der Waals surface area contributed by atoms with Crippen molar-refractivity contribution in [3.05, 3.63) is 71.6 Å². The molecule has 0 aromatic heterocycles. The summed E-state index contributed by atoms with van der Waals surface area (Å²) in [5, 5.41) is 0. The van der Waals surface area contributed by atoms with Gasteiger partial charge < -0.3 is 9.47 Å². The van der Waals surface area contributed by atoms with Gasteiger partial charge in [-0.1, -0.05) is 42.5 Å². The lowest BCUT2D eigenvalue weighted by Crippen LogP contribution is -2.22. The fourth-order valence-electron chi connectivity index (χ4n) is 2.60. The molecule has 0 radical (unpaired) electrons. The molecule has 3 heteroatoms. The van der Waals surface area contributed by atoms with Gasteiger partial charge in [-0.05, 0) is 30.2 Å². The second-order valence-electron chi connectivity index (χ2n) is 5.21. The van der Waals surface area contributed by atoms with Crippen LogP contribution in [-0.2, 0) is 10.3 Å². The van der Waals surface area contributed by atoms with Crippen LogP contribution >= 0.6 is 0 Å². The first-order chi connectivity index (χ1) is 10.1. The van der Waals surface area contributed by atoms with Crippen LogP contribution in [0.15, 0.2) is 60.4 Å². The van der Waals surface area contributed by atoms with Crippen LogP contribution in [0.1, 0.15) is 18.1 Å². The number of methoxy groups -OCH3 is 1. The van der Waals surface area contributed by atoms with E-state index in [1.807, 2.05) is 54.6 Å². The molecule has 0 N–H and O–H groups in total. The van der Waals surface area contributed by atoms with E-state index in [2.05, 4.69) is 0 Å². The number of hydrogen-bond acceptors (Lipinski definition) is 2. The average molecular weight is 284 g/mol. The van der Waals surface area contributed by atoms with Crippen LogP contribution in [0.2, 0.25) is 0 Å². The molecule has 108 valence electrons. The number of hydrogen-bond donors (Lipinski definition) is 0. The summed E-state index contributed by atoms with van der Waals surface area (Å²) >= 11 is 0. The summed E-state index contributed by atoms with van der Waals surface area (Å²) < 4.78 is 25.8. The average Bonchev–Trinajstić information content (AvgIpc) is 2.85. The predicted molar refractivity (Wildman–Crippen MR) is 80.8 cm³/mol. The molecule has 0 bridgehead atoms. The lowest BCUT2D eigenvalue weighted by molar-refractivity contribution is 0.0179. The van der Waals surface area contributed by atoms with Crippen LogP contribution in [0.25, 0.3) is 5.57 Å². The van der Waals surface area contributed by atoms with Crippen LogP contribution in [-0.4, -0.2) is 13.7 Å². The van der Waals surface area contributed by atoms with Gasteiger partial charge in [0.05, 0.1) is 13.7 Å². The molecule has 0 fully saturated rings. The summed E-state index contributed by atoms with van der Waals surface area (Å²) in [5.74, 6) is 0.520. The maximum absolute atomic E-state index is 14.9. The zero-order chi connectivity index (χ0) is 14.9. The van der Waals surface area contributed by atoms with Gasteiger partial charge >= 0.3 is 0 Å². The quantitative estimate of drug-likeness (QED) is 0.835. The molecular weight excluding hydrogens is 267 g/mol. The third-order valence-corrected chi connectivity index (χ3v) is 3.95. The van der Waals surface area contributed by atoms with Gasteiger partial charge in [0.15, 0.2) is 0 Å². The van der Waals surface area contributed by atoms with Gasteiger partial charge in [-0.3, -0.25) is 0 Å². The van der Waals surface area contributed by atoms with Crippen molar-refractivity contribution in [3.8, 4) is 5.75 Å². The van der Waals surface area contributed by atoms with Gasteiger partial charge in [-0.15, -0.1) is 0 Å². The van der Waals surface area contributed by atoms with E-state index in [1.165, 1.54) is 0 Å². The van der Waals surface area contributed by atoms with E-state index in [9.17, 15) is 4.39 Å². The Morgan fingerprint density at radius 2 is 1.71 bits per heavy atom. The molecule has 0 amide bonds. The van der Waals surface area contributed by atoms with Crippen molar-refractivity contribution in [2.75, 3.05) is 13.7 Å². The molecule has 0 aliphatic carbocycles. The Hall–Kier alpha value is -2.13. The van der Waals surface area contributed by atoms with Crippen molar-refractivity contribution in [3.63, 3.8) is 0 Å². The molecule has 2 nitrogen and oxygen atoms in total. The normalized spacial score (nSPS) is 21.7. The molecule has 1 heterocycles. The van der Waals surface area contributed by atoms with Crippen LogP contribution in [0, 0.1) is 0 Å². The van der Waals surface area contributed by atoms with Crippen molar-refractivity contribution >= 4 is 5.57 Å². The largest absolute Gasteiger partial charge is 0.497 e. The Bertz CT molecular complexity index is 661. The van der Waals surface area contributed by atoms with Crippen LogP contribution in [0.5, 0.6) is 5.75 Å². The molecule has 2 aromatic carbocycles. The zero-order valence-corrected chi connectivity index (χ0v) is 12.1. The molecule has 3 rings (SSSR count). The first kappa shape index (κ1) is 13.8. The minimum atomic E-state index is -1.03. The summed E-state index contributed by atoms with van der Waals surface area (Å²) in [6.07, 6.45) is 0. The first-order valence-corrected chi connectivity index (χ1v) is 6.88. The topological polar surface area (TPSA) is 18.5 Å². The number of halogens is 1. The Labute approximate surface area is 123 Å². The molecule has 0 saturated carbocycles. The highest BCUT2D eigenvalue weighted by Crippen LogP contribution is 2.44. The van der Waals surface area contributed by atoms with E-state index in [-0.39, 0.29) is 12.4 Å². The van der Waals surface area contributed by atoms with Gasteiger partial charge in [-0.25, -0.2) is 4.39 Å². The summed E-state index contributed by atoms with van der Waals surface area (Å²) in [6.45, 7) is 2.04. The summed E-state index contributed by atoms with van der Waals surface area (Å²) in [5.41, 5.74) is 1.24. The van der Waals surface area contributed by atoms with Gasteiger partial charge in [0.25, 0.3) is 0 Å². The van der Waals surface area contributed by atoms with E-state index in [0.29, 0.717) is 5.57 Å². The minimum Gasteiger partial charge on any atom is -0.497 e. The van der Waals surface area contributed by atoms with Crippen LogP contribution in [0.4, 0.5) is 4.39 Å². The molecule has 1 unspecified atom stereocenters. The smallest absolute Gasteiger partial charge is 0.142 e. The Balaban J connectivity index is 2.00. The fourth-order valence-corrected chi connectivity index (χ4v) is 2.60. The summed E-state index contributed by atoms with van der Waals surface area (Å²) in [7, 11) is 1.61. The Morgan fingerprint density at radius 1 is 1.05 bits per heavy atom. The van der Waals surface area contributed by atoms with Crippen molar-refractivity contribution in [2.24, 2.45) is 0 Å². The zero-order valence-electron chi connectivity index (χ0n) is 12.1. The van der Waals surface area contributed by atoms with Crippen molar-refractivity contribution in [2.45, 2.75) is 12.5 Å². The lowest BCUT2D eigenvalue weighted by atomic mass is 9.92. The van der Waals surface area contributed by atoms with Gasteiger partial charge in [0, 0.05) is 5.57 Å². The molecule has 1 aliphatic rings. The predicted octanol–water partition coefficient (Wildman–Crippen LogP) is 4.32. The lowest BCUT2D eigenvalue weighted by Gasteiger charge is -2.23. The highest BCUT2D eigenvalue weighted by Gasteiger charge is 2.40. The number of ether oxygens (including phenoxy) is 2. The number of rotatable bonds is 3. The van der Waals surface area contributed by atoms with Crippen molar-refractivity contribution < 1.29 is 13.9 Å². The van der Waals surface area contributed by atoms with E-state index in [1.54, 1.807) is 14.0 Å². The Morgan fingerprint density at radius 3 is 2.33 bits per heavy atom. The van der Waals surface area contributed by atoms with E-state index in [0.717, 1.165) is 16.9 Å². The monoisotopic (exact) mass is 284 g/mol. The molecule has 0 saturated heterocycles. The molecule has 2 aromatic rings. The second kappa shape index (κ2) is 5.34. The van der Waals surface area contributed by atoms with Gasteiger partial charge in [0.1, 0.15) is 17.2 Å². The molecular formula is C18H17FO2. The Kier molecular flexibility index (Phi) is 3.52. The third kappa shape index (κ3) is 2.34. The molecule has 0 spiro atoms. The fraction of sp³-hybridized carbons (Fsp3) is 0.222. The SMILES string of the molecule is COc1ccc(C2(C)OCC(c3ccccc3)=C2F)cc1. The van der Waals surface area contributed by atoms with E-state index < -0.39 is 5.60 Å². The van der Waals surface area contributed by atoms with Crippen LogP contribution < -0.4 is 4.74 Å². The third-order valence-electron chi connectivity index (χ3n) is 3.95. The summed E-state index contributed by atoms with van der Waals surface area (Å²) in [6, 6.07) is 16.8. The maximum Gasteiger partial charge on any atom is 0.142 e. The van der Waals surface area contributed by atoms with Gasteiger partial charge in [0.2, 0.25) is 0 Å². The molecule has 21 heavy (non-hydrogen) atoms.